The Balaban J connectivity index is 4.35. The van der Waals surface area contributed by atoms with Crippen LogP contribution in [0, 0.1) is 0 Å². The molecule has 70 heavy (non-hydrogen) atoms. The molecule has 0 aliphatic carbocycles. The molecule has 0 fully saturated rings. The van der Waals surface area contributed by atoms with Gasteiger partial charge in [-0.15, -0.1) is 0 Å². The molecule has 0 spiro atoms. The van der Waals surface area contributed by atoms with Gasteiger partial charge in [0.1, 0.15) is 13.2 Å². The highest BCUT2D eigenvalue weighted by Gasteiger charge is 2.19. The highest BCUT2D eigenvalue weighted by Crippen LogP contribution is 2.16. The first kappa shape index (κ1) is 67.4. The number of allylic oxidation sites excluding steroid dienone is 8. The predicted octanol–water partition coefficient (Wildman–Crippen LogP) is 20.6. The van der Waals surface area contributed by atoms with Crippen molar-refractivity contribution >= 4 is 17.9 Å². The Morgan fingerprint density at radius 1 is 0.286 bits per heavy atom. The molecule has 0 rings (SSSR count). The van der Waals surface area contributed by atoms with Gasteiger partial charge in [0.05, 0.1) is 0 Å². The molecule has 0 aromatic carbocycles. The Labute approximate surface area is 435 Å². The first-order valence-corrected chi connectivity index (χ1v) is 30.6. The van der Waals surface area contributed by atoms with Crippen LogP contribution in [-0.2, 0) is 28.6 Å². The van der Waals surface area contributed by atoms with Crippen LogP contribution in [-0.4, -0.2) is 37.2 Å². The van der Waals surface area contributed by atoms with Crippen molar-refractivity contribution in [1.82, 2.24) is 0 Å². The number of hydrogen-bond acceptors (Lipinski definition) is 6. The van der Waals surface area contributed by atoms with Crippen LogP contribution in [0.4, 0.5) is 0 Å². The van der Waals surface area contributed by atoms with Crippen LogP contribution in [0.15, 0.2) is 48.6 Å². The van der Waals surface area contributed by atoms with E-state index in [1.165, 1.54) is 193 Å². The zero-order valence-corrected chi connectivity index (χ0v) is 46.8. The molecule has 0 aromatic rings. The molecule has 0 aromatic heterocycles. The first-order chi connectivity index (χ1) is 34.5. The summed E-state index contributed by atoms with van der Waals surface area (Å²) in [4.78, 5) is 38.2. The predicted molar refractivity (Wildman–Crippen MR) is 302 cm³/mol. The highest BCUT2D eigenvalue weighted by atomic mass is 16.6. The topological polar surface area (TPSA) is 78.9 Å². The Morgan fingerprint density at radius 3 is 0.800 bits per heavy atom. The maximum atomic E-state index is 12.9. The van der Waals surface area contributed by atoms with Crippen molar-refractivity contribution in [1.29, 1.82) is 0 Å². The van der Waals surface area contributed by atoms with Gasteiger partial charge >= 0.3 is 17.9 Å². The molecular weight excluding hydrogens is 865 g/mol. The van der Waals surface area contributed by atoms with Gasteiger partial charge in [0.25, 0.3) is 0 Å². The zero-order chi connectivity index (χ0) is 50.7. The van der Waals surface area contributed by atoms with Gasteiger partial charge in [0.2, 0.25) is 0 Å². The number of carbonyl (C=O) groups excluding carboxylic acids is 3. The number of hydrogen-bond donors (Lipinski definition) is 0. The fourth-order valence-corrected chi connectivity index (χ4v) is 8.92. The molecule has 0 bridgehead atoms. The van der Waals surface area contributed by atoms with E-state index in [0.29, 0.717) is 19.3 Å². The van der Waals surface area contributed by atoms with Crippen molar-refractivity contribution in [3.63, 3.8) is 0 Å². The van der Waals surface area contributed by atoms with Crippen molar-refractivity contribution < 1.29 is 28.6 Å². The van der Waals surface area contributed by atoms with E-state index in [1.807, 2.05) is 0 Å². The highest BCUT2D eigenvalue weighted by molar-refractivity contribution is 5.71. The van der Waals surface area contributed by atoms with Crippen LogP contribution in [0.2, 0.25) is 0 Å². The minimum atomic E-state index is -0.781. The van der Waals surface area contributed by atoms with Crippen molar-refractivity contribution in [3.05, 3.63) is 48.6 Å². The average Bonchev–Trinajstić information content (AvgIpc) is 3.36. The third kappa shape index (κ3) is 56.3. The SMILES string of the molecule is CCCCCC/C=C\C/C=C\CCCCCCCC(=O)OC(COC(=O)CCCCCCCCCCC/C=C\C/C=C\CCCCCCC)COC(=O)CCCCCCCCCCCCCCCCC. The van der Waals surface area contributed by atoms with Crippen molar-refractivity contribution in [2.75, 3.05) is 13.2 Å². The normalized spacial score (nSPS) is 12.3. The van der Waals surface area contributed by atoms with Gasteiger partial charge in [-0.3, -0.25) is 14.4 Å². The summed E-state index contributed by atoms with van der Waals surface area (Å²) in [5.74, 6) is -0.877. The monoisotopic (exact) mass is 981 g/mol. The van der Waals surface area contributed by atoms with Crippen molar-refractivity contribution in [2.24, 2.45) is 0 Å². The smallest absolute Gasteiger partial charge is 0.306 e. The number of carbonyl (C=O) groups is 3. The Hall–Kier alpha value is -2.63. The average molecular weight is 982 g/mol. The molecule has 0 aliphatic rings. The largest absolute Gasteiger partial charge is 0.462 e. The van der Waals surface area contributed by atoms with Crippen LogP contribution in [0.25, 0.3) is 0 Å². The number of rotatable bonds is 56. The van der Waals surface area contributed by atoms with Crippen LogP contribution >= 0.6 is 0 Å². The molecule has 0 amide bonds. The Morgan fingerprint density at radius 2 is 0.514 bits per heavy atom. The second-order valence-electron chi connectivity index (χ2n) is 20.6. The second kappa shape index (κ2) is 58.9. The molecule has 0 saturated heterocycles. The third-order valence-electron chi connectivity index (χ3n) is 13.6. The van der Waals surface area contributed by atoms with E-state index < -0.39 is 6.10 Å². The van der Waals surface area contributed by atoms with E-state index in [-0.39, 0.29) is 31.1 Å². The summed E-state index contributed by atoms with van der Waals surface area (Å²) in [7, 11) is 0. The van der Waals surface area contributed by atoms with Gasteiger partial charge < -0.3 is 14.2 Å². The molecule has 408 valence electrons. The molecule has 6 heteroatoms. The van der Waals surface area contributed by atoms with Gasteiger partial charge in [-0.1, -0.05) is 268 Å². The van der Waals surface area contributed by atoms with Crippen molar-refractivity contribution in [2.45, 2.75) is 329 Å². The van der Waals surface area contributed by atoms with Gasteiger partial charge in [0, 0.05) is 19.3 Å². The molecular formula is C64H116O6. The number of ether oxygens (including phenoxy) is 3. The molecule has 0 aliphatic heterocycles. The third-order valence-corrected chi connectivity index (χ3v) is 13.6. The fraction of sp³-hybridized carbons (Fsp3) is 0.828. The lowest BCUT2D eigenvalue weighted by molar-refractivity contribution is -0.167. The fourth-order valence-electron chi connectivity index (χ4n) is 8.92. The first-order valence-electron chi connectivity index (χ1n) is 30.6. The minimum absolute atomic E-state index is 0.0769. The van der Waals surface area contributed by atoms with E-state index in [1.54, 1.807) is 0 Å². The summed E-state index contributed by atoms with van der Waals surface area (Å²) in [6, 6.07) is 0. The van der Waals surface area contributed by atoms with Crippen LogP contribution in [0.3, 0.4) is 0 Å². The van der Waals surface area contributed by atoms with Gasteiger partial charge in [-0.05, 0) is 83.5 Å². The number of unbranched alkanes of at least 4 members (excludes halogenated alkanes) is 37. The Bertz CT molecular complexity index is 1220. The maximum Gasteiger partial charge on any atom is 0.306 e. The maximum absolute atomic E-state index is 12.9. The lowest BCUT2D eigenvalue weighted by Gasteiger charge is -2.18. The molecule has 6 nitrogen and oxygen atoms in total. The van der Waals surface area contributed by atoms with Gasteiger partial charge in [-0.2, -0.15) is 0 Å². The summed E-state index contributed by atoms with van der Waals surface area (Å²) in [5, 5.41) is 0. The molecule has 0 saturated carbocycles. The molecule has 0 heterocycles. The lowest BCUT2D eigenvalue weighted by atomic mass is 10.0. The van der Waals surface area contributed by atoms with E-state index in [9.17, 15) is 14.4 Å². The zero-order valence-electron chi connectivity index (χ0n) is 46.8. The number of esters is 3. The van der Waals surface area contributed by atoms with Crippen LogP contribution in [0.1, 0.15) is 323 Å². The molecule has 0 N–H and O–H groups in total. The molecule has 0 radical (unpaired) electrons. The van der Waals surface area contributed by atoms with E-state index in [4.69, 9.17) is 14.2 Å². The van der Waals surface area contributed by atoms with E-state index in [0.717, 1.165) is 89.9 Å². The minimum Gasteiger partial charge on any atom is -0.462 e. The summed E-state index contributed by atoms with van der Waals surface area (Å²) < 4.78 is 16.9. The Kier molecular flexibility index (Phi) is 56.7. The van der Waals surface area contributed by atoms with Crippen molar-refractivity contribution in [3.8, 4) is 0 Å². The van der Waals surface area contributed by atoms with Gasteiger partial charge in [0.15, 0.2) is 6.10 Å². The molecule has 1 atom stereocenters. The summed E-state index contributed by atoms with van der Waals surface area (Å²) in [5.41, 5.74) is 0. The second-order valence-corrected chi connectivity index (χ2v) is 20.6. The summed E-state index contributed by atoms with van der Waals surface area (Å²) in [6.07, 6.45) is 72.4. The van der Waals surface area contributed by atoms with E-state index in [2.05, 4.69) is 69.4 Å². The van der Waals surface area contributed by atoms with Gasteiger partial charge in [-0.25, -0.2) is 0 Å². The molecule has 1 unspecified atom stereocenters. The quantitative estimate of drug-likeness (QED) is 0.0261. The van der Waals surface area contributed by atoms with Crippen LogP contribution in [0.5, 0.6) is 0 Å². The standard InChI is InChI=1S/C64H116O6/c1-4-7-10-13-16-19-22-25-28-30-31-32-33-34-37-39-42-45-48-51-54-57-63(66)69-60-61(59-68-62(65)56-53-50-47-44-41-38-35-27-24-21-18-15-12-9-6-3)70-64(67)58-55-52-49-46-43-40-36-29-26-23-20-17-14-11-8-5-2/h20,22-23,25,29-31,36,61H,4-19,21,24,26-28,32-35,37-60H2,1-3H3/b23-20-,25-22-,31-30-,36-29-. The summed E-state index contributed by atoms with van der Waals surface area (Å²) in [6.45, 7) is 6.64. The summed E-state index contributed by atoms with van der Waals surface area (Å²) >= 11 is 0. The van der Waals surface area contributed by atoms with Crippen LogP contribution < -0.4 is 0 Å². The lowest BCUT2D eigenvalue weighted by Crippen LogP contribution is -2.30. The van der Waals surface area contributed by atoms with E-state index >= 15 is 0 Å².